The van der Waals surface area contributed by atoms with Crippen molar-refractivity contribution in [3.63, 3.8) is 0 Å². The Bertz CT molecular complexity index is 1060. The molecule has 0 aliphatic rings. The molecule has 31 heavy (non-hydrogen) atoms. The topological polar surface area (TPSA) is 88.9 Å². The van der Waals surface area contributed by atoms with Crippen molar-refractivity contribution in [3.05, 3.63) is 65.2 Å². The first-order valence-corrected chi connectivity index (χ1v) is 10.8. The molecule has 0 bridgehead atoms. The van der Waals surface area contributed by atoms with Crippen LogP contribution in [0.25, 0.3) is 0 Å². The third-order valence-electron chi connectivity index (χ3n) is 4.63. The number of rotatable bonds is 8. The molecule has 0 saturated heterocycles. The number of carbonyl (C=O) groups excluding carboxylic acids is 2. The molecule has 1 aromatic heterocycles. The molecule has 3 aromatic rings. The van der Waals surface area contributed by atoms with Gasteiger partial charge in [0.2, 0.25) is 11.8 Å². The van der Waals surface area contributed by atoms with Gasteiger partial charge < -0.3 is 15.2 Å². The molecule has 162 valence electrons. The fourth-order valence-electron chi connectivity index (χ4n) is 3.07. The third-order valence-corrected chi connectivity index (χ3v) is 5.60. The Hall–Kier alpha value is -3.20. The molecule has 0 radical (unpaired) electrons. The fourth-order valence-corrected chi connectivity index (χ4v) is 3.89. The molecule has 0 aliphatic carbocycles. The molecule has 2 amide bonds. The molecule has 1 heterocycles. The van der Waals surface area contributed by atoms with E-state index in [0.29, 0.717) is 23.2 Å². The molecule has 7 nitrogen and oxygen atoms in total. The van der Waals surface area contributed by atoms with Crippen molar-refractivity contribution in [2.24, 2.45) is 0 Å². The summed E-state index contributed by atoms with van der Waals surface area (Å²) >= 11 is 1.27. The van der Waals surface area contributed by atoms with E-state index in [1.165, 1.54) is 36.0 Å². The molecule has 3 rings (SSSR count). The number of thioether (sulfide) groups is 1. The number of anilines is 2. The summed E-state index contributed by atoms with van der Waals surface area (Å²) in [5.74, 6) is -0.110. The van der Waals surface area contributed by atoms with E-state index in [-0.39, 0.29) is 29.8 Å². The predicted octanol–water partition coefficient (Wildman–Crippen LogP) is 3.97. The van der Waals surface area contributed by atoms with Gasteiger partial charge in [-0.2, -0.15) is 0 Å². The number of nitrogens with one attached hydrogen (secondary N) is 2. The number of nitrogens with zero attached hydrogens (tertiary/aromatic N) is 3. The van der Waals surface area contributed by atoms with Crippen molar-refractivity contribution in [3.8, 4) is 0 Å². The highest BCUT2D eigenvalue weighted by atomic mass is 32.2. The van der Waals surface area contributed by atoms with E-state index in [9.17, 15) is 14.0 Å². The lowest BCUT2D eigenvalue weighted by Gasteiger charge is -2.11. The number of hydrogen-bond donors (Lipinski definition) is 2. The summed E-state index contributed by atoms with van der Waals surface area (Å²) in [6, 6.07) is 11.4. The first-order valence-electron chi connectivity index (χ1n) is 9.83. The summed E-state index contributed by atoms with van der Waals surface area (Å²) in [7, 11) is 0. The summed E-state index contributed by atoms with van der Waals surface area (Å²) in [6.07, 6.45) is 0.0212. The van der Waals surface area contributed by atoms with Crippen LogP contribution in [0.5, 0.6) is 0 Å². The normalized spacial score (nSPS) is 10.7. The van der Waals surface area contributed by atoms with Gasteiger partial charge in [-0.15, -0.1) is 10.2 Å². The predicted molar refractivity (Wildman–Crippen MR) is 120 cm³/mol. The lowest BCUT2D eigenvalue weighted by molar-refractivity contribution is -0.116. The number of para-hydroxylation sites is 1. The van der Waals surface area contributed by atoms with Crippen molar-refractivity contribution >= 4 is 35.0 Å². The molecular weight excluding hydrogens is 417 g/mol. The van der Waals surface area contributed by atoms with Gasteiger partial charge >= 0.3 is 0 Å². The maximum atomic E-state index is 13.0. The second kappa shape index (κ2) is 10.2. The number of amides is 2. The molecule has 0 saturated carbocycles. The second-order valence-corrected chi connectivity index (χ2v) is 7.92. The molecule has 2 N–H and O–H groups in total. The van der Waals surface area contributed by atoms with E-state index in [1.807, 2.05) is 39.0 Å². The maximum Gasteiger partial charge on any atom is 0.234 e. The van der Waals surface area contributed by atoms with Gasteiger partial charge in [0.15, 0.2) is 5.16 Å². The zero-order chi connectivity index (χ0) is 22.4. The van der Waals surface area contributed by atoms with Crippen molar-refractivity contribution in [2.45, 2.75) is 38.9 Å². The minimum atomic E-state index is -0.369. The van der Waals surface area contributed by atoms with Crippen LogP contribution in [0.4, 0.5) is 15.8 Å². The Morgan fingerprint density at radius 3 is 2.32 bits per heavy atom. The molecule has 0 spiro atoms. The van der Waals surface area contributed by atoms with Crippen molar-refractivity contribution in [1.82, 2.24) is 14.8 Å². The van der Waals surface area contributed by atoms with Gasteiger partial charge in [0, 0.05) is 17.9 Å². The molecule has 0 unspecified atom stereocenters. The molecule has 0 fully saturated rings. The highest BCUT2D eigenvalue weighted by molar-refractivity contribution is 7.99. The van der Waals surface area contributed by atoms with E-state index in [2.05, 4.69) is 20.8 Å². The Labute approximate surface area is 184 Å². The average molecular weight is 442 g/mol. The minimum Gasteiger partial charge on any atom is -0.326 e. The van der Waals surface area contributed by atoms with E-state index in [0.717, 1.165) is 16.8 Å². The monoisotopic (exact) mass is 441 g/mol. The number of halogens is 1. The molecule has 0 atom stereocenters. The van der Waals surface area contributed by atoms with Crippen LogP contribution in [-0.2, 0) is 22.6 Å². The SMILES string of the molecule is CCn1c(CC(=O)Nc2ccc(F)cc2)nnc1SCC(=O)Nc1c(C)cccc1C. The number of hydrogen-bond acceptors (Lipinski definition) is 5. The van der Waals surface area contributed by atoms with Gasteiger partial charge in [-0.25, -0.2) is 4.39 Å². The Kier molecular flexibility index (Phi) is 7.41. The standard InChI is InChI=1S/C22H24FN5O2S/c1-4-28-18(12-19(29)24-17-10-8-16(23)9-11-17)26-27-22(28)31-13-20(30)25-21-14(2)6-5-7-15(21)3/h5-11H,4,12-13H2,1-3H3,(H,24,29)(H,25,30). The van der Waals surface area contributed by atoms with Crippen molar-refractivity contribution in [2.75, 3.05) is 16.4 Å². The number of benzene rings is 2. The van der Waals surface area contributed by atoms with Gasteiger partial charge in [0.1, 0.15) is 11.6 Å². The van der Waals surface area contributed by atoms with Crippen LogP contribution in [0.3, 0.4) is 0 Å². The summed E-state index contributed by atoms with van der Waals surface area (Å²) in [5, 5.41) is 14.5. The van der Waals surface area contributed by atoms with Crippen LogP contribution in [0.2, 0.25) is 0 Å². The van der Waals surface area contributed by atoms with E-state index in [4.69, 9.17) is 0 Å². The maximum absolute atomic E-state index is 13.0. The fraction of sp³-hybridized carbons (Fsp3) is 0.273. The quantitative estimate of drug-likeness (QED) is 0.517. The average Bonchev–Trinajstić information content (AvgIpc) is 3.12. The van der Waals surface area contributed by atoms with Gasteiger partial charge in [-0.05, 0) is 56.2 Å². The highest BCUT2D eigenvalue weighted by Crippen LogP contribution is 2.22. The Balaban J connectivity index is 1.59. The number of carbonyl (C=O) groups is 2. The van der Waals surface area contributed by atoms with Crippen molar-refractivity contribution in [1.29, 1.82) is 0 Å². The molecule has 9 heteroatoms. The van der Waals surface area contributed by atoms with Crippen LogP contribution in [0.15, 0.2) is 47.6 Å². The summed E-state index contributed by atoms with van der Waals surface area (Å²) in [5.41, 5.74) is 3.34. The van der Waals surface area contributed by atoms with E-state index in [1.54, 1.807) is 4.57 Å². The largest absolute Gasteiger partial charge is 0.326 e. The number of aromatic nitrogens is 3. The molecule has 0 aliphatic heterocycles. The third kappa shape index (κ3) is 5.91. The summed E-state index contributed by atoms with van der Waals surface area (Å²) in [4.78, 5) is 24.7. The first kappa shape index (κ1) is 22.5. The van der Waals surface area contributed by atoms with Gasteiger partial charge in [0.25, 0.3) is 0 Å². The van der Waals surface area contributed by atoms with Crippen molar-refractivity contribution < 1.29 is 14.0 Å². The Morgan fingerprint density at radius 2 is 1.68 bits per heavy atom. The molecule has 2 aromatic carbocycles. The zero-order valence-electron chi connectivity index (χ0n) is 17.6. The zero-order valence-corrected chi connectivity index (χ0v) is 18.4. The summed E-state index contributed by atoms with van der Waals surface area (Å²) in [6.45, 7) is 6.39. The van der Waals surface area contributed by atoms with Gasteiger partial charge in [-0.3, -0.25) is 9.59 Å². The number of aryl methyl sites for hydroxylation is 2. The van der Waals surface area contributed by atoms with Gasteiger partial charge in [-0.1, -0.05) is 30.0 Å². The van der Waals surface area contributed by atoms with Gasteiger partial charge in [0.05, 0.1) is 12.2 Å². The highest BCUT2D eigenvalue weighted by Gasteiger charge is 2.16. The van der Waals surface area contributed by atoms with Crippen LogP contribution < -0.4 is 10.6 Å². The first-order chi connectivity index (χ1) is 14.9. The lowest BCUT2D eigenvalue weighted by Crippen LogP contribution is -2.18. The smallest absolute Gasteiger partial charge is 0.234 e. The van der Waals surface area contributed by atoms with Crippen LogP contribution >= 0.6 is 11.8 Å². The second-order valence-electron chi connectivity index (χ2n) is 6.98. The van der Waals surface area contributed by atoms with Crippen LogP contribution in [0, 0.1) is 19.7 Å². The van der Waals surface area contributed by atoms with Crippen LogP contribution in [0.1, 0.15) is 23.9 Å². The van der Waals surface area contributed by atoms with E-state index >= 15 is 0 Å². The lowest BCUT2D eigenvalue weighted by atomic mass is 10.1. The molecular formula is C22H24FN5O2S. The van der Waals surface area contributed by atoms with E-state index < -0.39 is 0 Å². The summed E-state index contributed by atoms with van der Waals surface area (Å²) < 4.78 is 14.8. The van der Waals surface area contributed by atoms with Crippen LogP contribution in [-0.4, -0.2) is 32.3 Å². The minimum absolute atomic E-state index is 0.0212. The Morgan fingerprint density at radius 1 is 1.00 bits per heavy atom.